The second kappa shape index (κ2) is 7.48. The lowest BCUT2D eigenvalue weighted by molar-refractivity contribution is 0.256. The summed E-state index contributed by atoms with van der Waals surface area (Å²) in [6.07, 6.45) is 4.74. The van der Waals surface area contributed by atoms with Crippen molar-refractivity contribution in [3.8, 4) is 0 Å². The SMILES string of the molecule is Cc1onc2c1c(=O)n(C1CCCC(Cc3nc4ccccc4o3)C1)c1cccc(Cl)c21. The first-order valence-electron chi connectivity index (χ1n) is 11.0. The Balaban J connectivity index is 1.41. The van der Waals surface area contributed by atoms with Gasteiger partial charge in [0.2, 0.25) is 0 Å². The number of oxazole rings is 1. The van der Waals surface area contributed by atoms with Gasteiger partial charge in [-0.3, -0.25) is 4.79 Å². The van der Waals surface area contributed by atoms with E-state index in [2.05, 4.69) is 10.1 Å². The Labute approximate surface area is 188 Å². The lowest BCUT2D eigenvalue weighted by Gasteiger charge is -2.31. The number of para-hydroxylation sites is 2. The third-order valence-corrected chi connectivity index (χ3v) is 7.02. The Bertz CT molecular complexity index is 1500. The molecular weight excluding hydrogens is 426 g/mol. The number of benzene rings is 2. The number of hydrogen-bond acceptors (Lipinski definition) is 5. The lowest BCUT2D eigenvalue weighted by Crippen LogP contribution is -2.30. The standard InChI is InChI=1S/C25H22ClN3O3/c1-14-22-24(28-32-14)23-17(26)8-5-10-19(23)29(25(22)30)16-7-4-6-15(12-16)13-21-27-18-9-2-3-11-20(18)31-21/h2-3,5,8-11,15-16H,4,6-7,12-13H2,1H3. The van der Waals surface area contributed by atoms with Crippen LogP contribution >= 0.6 is 11.6 Å². The molecule has 32 heavy (non-hydrogen) atoms. The van der Waals surface area contributed by atoms with E-state index < -0.39 is 0 Å². The molecule has 0 saturated heterocycles. The number of fused-ring (bicyclic) bond motifs is 4. The fourth-order valence-electron chi connectivity index (χ4n) is 5.27. The minimum atomic E-state index is -0.0546. The van der Waals surface area contributed by atoms with E-state index in [0.717, 1.165) is 60.0 Å². The molecule has 0 spiro atoms. The van der Waals surface area contributed by atoms with E-state index in [0.29, 0.717) is 27.6 Å². The minimum absolute atomic E-state index is 0.0546. The van der Waals surface area contributed by atoms with Crippen LogP contribution in [0.15, 0.2) is 56.2 Å². The maximum Gasteiger partial charge on any atom is 0.264 e. The molecule has 0 aliphatic heterocycles. The summed E-state index contributed by atoms with van der Waals surface area (Å²) < 4.78 is 13.3. The monoisotopic (exact) mass is 447 g/mol. The largest absolute Gasteiger partial charge is 0.441 e. The van der Waals surface area contributed by atoms with Gasteiger partial charge in [0.1, 0.15) is 22.2 Å². The van der Waals surface area contributed by atoms with E-state index in [1.54, 1.807) is 6.92 Å². The molecule has 6 nitrogen and oxygen atoms in total. The molecule has 5 aromatic rings. The highest BCUT2D eigenvalue weighted by atomic mass is 35.5. The Morgan fingerprint density at radius 1 is 1.12 bits per heavy atom. The van der Waals surface area contributed by atoms with Gasteiger partial charge in [0, 0.05) is 17.8 Å². The predicted molar refractivity (Wildman–Crippen MR) is 124 cm³/mol. The highest BCUT2D eigenvalue weighted by molar-refractivity contribution is 6.37. The molecule has 3 aromatic heterocycles. The minimum Gasteiger partial charge on any atom is -0.441 e. The van der Waals surface area contributed by atoms with Crippen LogP contribution in [0.25, 0.3) is 32.9 Å². The van der Waals surface area contributed by atoms with Gasteiger partial charge in [0.15, 0.2) is 11.5 Å². The molecular formula is C25H22ClN3O3. The number of nitrogens with zero attached hydrogens (tertiary/aromatic N) is 3. The Kier molecular flexibility index (Phi) is 4.57. The molecule has 0 amide bonds. The number of halogens is 1. The van der Waals surface area contributed by atoms with Crippen molar-refractivity contribution in [2.24, 2.45) is 5.92 Å². The first-order chi connectivity index (χ1) is 15.6. The van der Waals surface area contributed by atoms with Gasteiger partial charge in [0.25, 0.3) is 5.56 Å². The molecule has 2 aromatic carbocycles. The lowest BCUT2D eigenvalue weighted by atomic mass is 9.83. The highest BCUT2D eigenvalue weighted by Gasteiger charge is 2.29. The van der Waals surface area contributed by atoms with Crippen LogP contribution in [0.2, 0.25) is 5.02 Å². The second-order valence-electron chi connectivity index (χ2n) is 8.74. The van der Waals surface area contributed by atoms with Gasteiger partial charge in [0.05, 0.1) is 10.5 Å². The van der Waals surface area contributed by atoms with Crippen molar-refractivity contribution in [3.05, 3.63) is 69.5 Å². The zero-order valence-electron chi connectivity index (χ0n) is 17.7. The average molecular weight is 448 g/mol. The normalized spacial score (nSPS) is 19.3. The van der Waals surface area contributed by atoms with Crippen LogP contribution in [0.3, 0.4) is 0 Å². The van der Waals surface area contributed by atoms with E-state index in [9.17, 15) is 4.79 Å². The fourth-order valence-corrected chi connectivity index (χ4v) is 5.53. The van der Waals surface area contributed by atoms with E-state index in [-0.39, 0.29) is 11.6 Å². The summed E-state index contributed by atoms with van der Waals surface area (Å²) >= 11 is 6.57. The van der Waals surface area contributed by atoms with Crippen molar-refractivity contribution in [1.29, 1.82) is 0 Å². The van der Waals surface area contributed by atoms with Crippen LogP contribution in [0, 0.1) is 12.8 Å². The van der Waals surface area contributed by atoms with Gasteiger partial charge >= 0.3 is 0 Å². The maximum absolute atomic E-state index is 13.6. The van der Waals surface area contributed by atoms with E-state index >= 15 is 0 Å². The molecule has 1 aliphatic rings. The molecule has 0 N–H and O–H groups in total. The molecule has 0 radical (unpaired) electrons. The number of hydrogen-bond donors (Lipinski definition) is 0. The molecule has 0 bridgehead atoms. The highest BCUT2D eigenvalue weighted by Crippen LogP contribution is 2.38. The second-order valence-corrected chi connectivity index (χ2v) is 9.14. The summed E-state index contributed by atoms with van der Waals surface area (Å²) in [5.74, 6) is 1.68. The van der Waals surface area contributed by atoms with Crippen LogP contribution in [0.5, 0.6) is 0 Å². The van der Waals surface area contributed by atoms with Crippen molar-refractivity contribution in [1.82, 2.24) is 14.7 Å². The smallest absolute Gasteiger partial charge is 0.264 e. The van der Waals surface area contributed by atoms with Crippen LogP contribution < -0.4 is 5.56 Å². The average Bonchev–Trinajstić information content (AvgIpc) is 3.37. The van der Waals surface area contributed by atoms with Crippen molar-refractivity contribution in [3.63, 3.8) is 0 Å². The van der Waals surface area contributed by atoms with E-state index in [1.165, 1.54) is 0 Å². The third kappa shape index (κ3) is 3.05. The maximum atomic E-state index is 13.6. The van der Waals surface area contributed by atoms with Crippen molar-refractivity contribution in [2.45, 2.75) is 45.1 Å². The molecule has 7 heteroatoms. The molecule has 162 valence electrons. The summed E-state index contributed by atoms with van der Waals surface area (Å²) in [5.41, 5.74) is 3.01. The fraction of sp³-hybridized carbons (Fsp3) is 0.320. The molecule has 1 fully saturated rings. The van der Waals surface area contributed by atoms with E-state index in [1.807, 2.05) is 47.0 Å². The first-order valence-corrected chi connectivity index (χ1v) is 11.4. The van der Waals surface area contributed by atoms with Crippen LogP contribution in [-0.2, 0) is 6.42 Å². The molecule has 1 saturated carbocycles. The Morgan fingerprint density at radius 3 is 2.88 bits per heavy atom. The summed E-state index contributed by atoms with van der Waals surface area (Å²) in [6.45, 7) is 1.78. The van der Waals surface area contributed by atoms with Crippen molar-refractivity contribution in [2.75, 3.05) is 0 Å². The number of rotatable bonds is 3. The molecule has 2 atom stereocenters. The van der Waals surface area contributed by atoms with Gasteiger partial charge < -0.3 is 13.5 Å². The molecule has 1 aliphatic carbocycles. The topological polar surface area (TPSA) is 74.1 Å². The number of aromatic nitrogens is 3. The molecule has 3 heterocycles. The summed E-state index contributed by atoms with van der Waals surface area (Å²) in [7, 11) is 0. The van der Waals surface area contributed by atoms with Crippen LogP contribution in [-0.4, -0.2) is 14.7 Å². The van der Waals surface area contributed by atoms with Crippen molar-refractivity contribution < 1.29 is 8.94 Å². The van der Waals surface area contributed by atoms with E-state index in [4.69, 9.17) is 20.5 Å². The number of aryl methyl sites for hydroxylation is 1. The van der Waals surface area contributed by atoms with Crippen LogP contribution in [0.4, 0.5) is 0 Å². The first kappa shape index (κ1) is 19.6. The zero-order valence-corrected chi connectivity index (χ0v) is 18.4. The van der Waals surface area contributed by atoms with Crippen LogP contribution in [0.1, 0.15) is 43.4 Å². The quantitative estimate of drug-likeness (QED) is 0.328. The van der Waals surface area contributed by atoms with Gasteiger partial charge in [-0.25, -0.2) is 4.98 Å². The molecule has 6 rings (SSSR count). The van der Waals surface area contributed by atoms with Crippen molar-refractivity contribution >= 4 is 44.5 Å². The Hall–Kier alpha value is -3.12. The zero-order chi connectivity index (χ0) is 21.8. The Morgan fingerprint density at radius 2 is 2.00 bits per heavy atom. The van der Waals surface area contributed by atoms with Gasteiger partial charge in [-0.1, -0.05) is 41.4 Å². The molecule has 2 unspecified atom stereocenters. The summed E-state index contributed by atoms with van der Waals surface area (Å²) in [4.78, 5) is 18.3. The summed E-state index contributed by atoms with van der Waals surface area (Å²) in [5, 5.41) is 6.03. The van der Waals surface area contributed by atoms with Gasteiger partial charge in [-0.05, 0) is 56.4 Å². The number of pyridine rings is 1. The third-order valence-electron chi connectivity index (χ3n) is 6.71. The summed E-state index contributed by atoms with van der Waals surface area (Å²) in [6, 6.07) is 13.6. The predicted octanol–water partition coefficient (Wildman–Crippen LogP) is 6.22. The van der Waals surface area contributed by atoms with Gasteiger partial charge in [-0.2, -0.15) is 0 Å². The van der Waals surface area contributed by atoms with Gasteiger partial charge in [-0.15, -0.1) is 0 Å².